The van der Waals surface area contributed by atoms with Gasteiger partial charge in [-0.25, -0.2) is 4.68 Å². The highest BCUT2D eigenvalue weighted by molar-refractivity contribution is 9.10. The van der Waals surface area contributed by atoms with E-state index in [2.05, 4.69) is 26.3 Å². The van der Waals surface area contributed by atoms with Gasteiger partial charge >= 0.3 is 0 Å². The summed E-state index contributed by atoms with van der Waals surface area (Å²) in [5.41, 5.74) is 1.52. The van der Waals surface area contributed by atoms with E-state index in [0.29, 0.717) is 26.8 Å². The van der Waals surface area contributed by atoms with E-state index in [1.807, 2.05) is 12.1 Å². The van der Waals surface area contributed by atoms with Crippen molar-refractivity contribution in [2.45, 2.75) is 6.42 Å². The van der Waals surface area contributed by atoms with Crippen LogP contribution in [0.3, 0.4) is 0 Å². The summed E-state index contributed by atoms with van der Waals surface area (Å²) in [5, 5.41) is 8.35. The van der Waals surface area contributed by atoms with Crippen molar-refractivity contribution < 1.29 is 0 Å². The molecule has 0 amide bonds. The summed E-state index contributed by atoms with van der Waals surface area (Å²) in [6.45, 7) is 0.643. The second kappa shape index (κ2) is 6.61. The van der Waals surface area contributed by atoms with Crippen molar-refractivity contribution in [3.05, 3.63) is 54.8 Å². The van der Waals surface area contributed by atoms with Crippen molar-refractivity contribution in [1.29, 1.82) is 0 Å². The second-order valence-electron chi connectivity index (χ2n) is 4.26. The van der Waals surface area contributed by atoms with Crippen molar-refractivity contribution in [2.75, 3.05) is 11.9 Å². The van der Waals surface area contributed by atoms with Gasteiger partial charge in [0.25, 0.3) is 5.56 Å². The maximum absolute atomic E-state index is 11.7. The van der Waals surface area contributed by atoms with Crippen molar-refractivity contribution in [1.82, 2.24) is 9.78 Å². The van der Waals surface area contributed by atoms with E-state index in [4.69, 9.17) is 23.2 Å². The molecule has 106 valence electrons. The standard InChI is InChI=1S/C13H12BrCl2N3O/c1-19-13(20)12(14)11(7-18-19)17-3-2-8-4-9(15)6-10(16)5-8/h4-7,17H,2-3H2,1H3. The van der Waals surface area contributed by atoms with Gasteiger partial charge in [-0.1, -0.05) is 23.2 Å². The smallest absolute Gasteiger partial charge is 0.282 e. The first-order valence-corrected chi connectivity index (χ1v) is 7.43. The lowest BCUT2D eigenvalue weighted by Crippen LogP contribution is -2.21. The summed E-state index contributed by atoms with van der Waals surface area (Å²) < 4.78 is 1.74. The highest BCUT2D eigenvalue weighted by Gasteiger charge is 2.06. The van der Waals surface area contributed by atoms with Gasteiger partial charge in [0.15, 0.2) is 0 Å². The Bertz CT molecular complexity index is 668. The largest absolute Gasteiger partial charge is 0.382 e. The SMILES string of the molecule is Cn1ncc(NCCc2cc(Cl)cc(Cl)c2)c(Br)c1=O. The average molecular weight is 377 g/mol. The molecule has 20 heavy (non-hydrogen) atoms. The Morgan fingerprint density at radius 1 is 1.30 bits per heavy atom. The average Bonchev–Trinajstić information content (AvgIpc) is 2.38. The van der Waals surface area contributed by atoms with Crippen molar-refractivity contribution >= 4 is 44.8 Å². The number of aryl methyl sites for hydroxylation is 1. The highest BCUT2D eigenvalue weighted by Crippen LogP contribution is 2.20. The Balaban J connectivity index is 2.03. The first-order valence-electron chi connectivity index (χ1n) is 5.88. The maximum Gasteiger partial charge on any atom is 0.282 e. The normalized spacial score (nSPS) is 10.6. The molecule has 0 bridgehead atoms. The molecule has 0 unspecified atom stereocenters. The van der Waals surface area contributed by atoms with E-state index in [9.17, 15) is 4.79 Å². The number of benzene rings is 1. The van der Waals surface area contributed by atoms with E-state index in [-0.39, 0.29) is 5.56 Å². The van der Waals surface area contributed by atoms with Gasteiger partial charge in [-0.05, 0) is 46.1 Å². The van der Waals surface area contributed by atoms with Crippen molar-refractivity contribution in [2.24, 2.45) is 7.05 Å². The van der Waals surface area contributed by atoms with Gasteiger partial charge in [0, 0.05) is 23.6 Å². The Hall–Kier alpha value is -1.04. The molecule has 0 atom stereocenters. The first-order chi connectivity index (χ1) is 9.47. The number of hydrogen-bond acceptors (Lipinski definition) is 3. The molecular formula is C13H12BrCl2N3O. The van der Waals surface area contributed by atoms with Gasteiger partial charge in [-0.3, -0.25) is 4.79 Å². The van der Waals surface area contributed by atoms with Crippen LogP contribution in [0.4, 0.5) is 5.69 Å². The molecule has 2 aromatic rings. The zero-order valence-electron chi connectivity index (χ0n) is 10.7. The molecule has 0 spiro atoms. The van der Waals surface area contributed by atoms with E-state index in [1.165, 1.54) is 4.68 Å². The molecule has 0 saturated heterocycles. The summed E-state index contributed by atoms with van der Waals surface area (Å²) in [6.07, 6.45) is 2.35. The molecule has 2 rings (SSSR count). The summed E-state index contributed by atoms with van der Waals surface area (Å²) in [7, 11) is 1.60. The number of hydrogen-bond donors (Lipinski definition) is 1. The second-order valence-corrected chi connectivity index (χ2v) is 5.92. The van der Waals surface area contributed by atoms with E-state index >= 15 is 0 Å². The summed E-state index contributed by atoms with van der Waals surface area (Å²) in [6, 6.07) is 5.43. The number of nitrogens with one attached hydrogen (secondary N) is 1. The Morgan fingerprint density at radius 2 is 1.95 bits per heavy atom. The van der Waals surface area contributed by atoms with Gasteiger partial charge in [0.1, 0.15) is 4.47 Å². The van der Waals surface area contributed by atoms with E-state index < -0.39 is 0 Å². The molecule has 0 radical (unpaired) electrons. The van der Waals surface area contributed by atoms with E-state index in [1.54, 1.807) is 19.3 Å². The molecule has 1 heterocycles. The minimum atomic E-state index is -0.180. The molecule has 0 saturated carbocycles. The number of halogens is 3. The third-order valence-corrected chi connectivity index (χ3v) is 3.93. The number of aromatic nitrogens is 2. The van der Waals surface area contributed by atoms with Crippen molar-refractivity contribution in [3.8, 4) is 0 Å². The van der Waals surface area contributed by atoms with Crippen LogP contribution < -0.4 is 10.9 Å². The van der Waals surface area contributed by atoms with Gasteiger partial charge < -0.3 is 5.32 Å². The fourth-order valence-electron chi connectivity index (χ4n) is 1.73. The lowest BCUT2D eigenvalue weighted by molar-refractivity contribution is 0.703. The number of anilines is 1. The zero-order chi connectivity index (χ0) is 14.7. The van der Waals surface area contributed by atoms with Crippen molar-refractivity contribution in [3.63, 3.8) is 0 Å². The molecule has 1 aromatic heterocycles. The zero-order valence-corrected chi connectivity index (χ0v) is 13.8. The minimum Gasteiger partial charge on any atom is -0.382 e. The van der Waals surface area contributed by atoms with Gasteiger partial charge in [0.2, 0.25) is 0 Å². The van der Waals surface area contributed by atoms with Crippen LogP contribution in [-0.2, 0) is 13.5 Å². The van der Waals surface area contributed by atoms with Crippen LogP contribution in [0.1, 0.15) is 5.56 Å². The molecule has 0 fully saturated rings. The van der Waals surface area contributed by atoms with Gasteiger partial charge in [0.05, 0.1) is 11.9 Å². The molecule has 1 N–H and O–H groups in total. The topological polar surface area (TPSA) is 46.9 Å². The number of nitrogens with zero attached hydrogens (tertiary/aromatic N) is 2. The molecule has 0 aliphatic carbocycles. The predicted molar refractivity (Wildman–Crippen MR) is 85.8 cm³/mol. The lowest BCUT2D eigenvalue weighted by atomic mass is 10.1. The molecule has 4 nitrogen and oxygen atoms in total. The molecule has 1 aromatic carbocycles. The Labute approximate surface area is 134 Å². The third-order valence-electron chi connectivity index (χ3n) is 2.73. The first kappa shape index (κ1) is 15.4. The monoisotopic (exact) mass is 375 g/mol. The third kappa shape index (κ3) is 3.75. The minimum absolute atomic E-state index is 0.180. The van der Waals surface area contributed by atoms with Crippen LogP contribution in [0.5, 0.6) is 0 Å². The fraction of sp³-hybridized carbons (Fsp3) is 0.231. The molecule has 0 aliphatic heterocycles. The quantitative estimate of drug-likeness (QED) is 0.888. The summed E-state index contributed by atoms with van der Waals surface area (Å²) >= 11 is 15.1. The lowest BCUT2D eigenvalue weighted by Gasteiger charge is -2.09. The maximum atomic E-state index is 11.7. The van der Waals surface area contributed by atoms with Crippen LogP contribution in [0.25, 0.3) is 0 Å². The van der Waals surface area contributed by atoms with Gasteiger partial charge in [-0.2, -0.15) is 5.10 Å². The van der Waals surface area contributed by atoms with Crippen LogP contribution in [-0.4, -0.2) is 16.3 Å². The van der Waals surface area contributed by atoms with Gasteiger partial charge in [-0.15, -0.1) is 0 Å². The Morgan fingerprint density at radius 3 is 2.60 bits per heavy atom. The molecular weight excluding hydrogens is 365 g/mol. The summed E-state index contributed by atoms with van der Waals surface area (Å²) in [4.78, 5) is 11.7. The summed E-state index contributed by atoms with van der Waals surface area (Å²) in [5.74, 6) is 0. The highest BCUT2D eigenvalue weighted by atomic mass is 79.9. The van der Waals surface area contributed by atoms with E-state index in [0.717, 1.165) is 12.0 Å². The number of rotatable bonds is 4. The predicted octanol–water partition coefficient (Wildman–Crippen LogP) is 3.50. The van der Waals surface area contributed by atoms with Crippen LogP contribution in [0.15, 0.2) is 33.7 Å². The Kier molecular flexibility index (Phi) is 5.07. The molecule has 7 heteroatoms. The van der Waals surface area contributed by atoms with Crippen LogP contribution in [0.2, 0.25) is 10.0 Å². The van der Waals surface area contributed by atoms with Crippen LogP contribution in [0, 0.1) is 0 Å². The fourth-order valence-corrected chi connectivity index (χ4v) is 2.80. The van der Waals surface area contributed by atoms with Crippen LogP contribution >= 0.6 is 39.1 Å². The molecule has 0 aliphatic rings.